The summed E-state index contributed by atoms with van der Waals surface area (Å²) in [5.74, 6) is -0.583. The number of carbonyl (C=O) groups excluding carboxylic acids is 1. The van der Waals surface area contributed by atoms with Crippen LogP contribution in [0.3, 0.4) is 0 Å². The van der Waals surface area contributed by atoms with Crippen molar-refractivity contribution in [3.63, 3.8) is 0 Å². The van der Waals surface area contributed by atoms with Crippen molar-refractivity contribution < 1.29 is 17.6 Å². The van der Waals surface area contributed by atoms with Crippen LogP contribution in [0.25, 0.3) is 0 Å². The van der Waals surface area contributed by atoms with E-state index in [1.807, 2.05) is 0 Å². The van der Waals surface area contributed by atoms with Crippen LogP contribution in [0.15, 0.2) is 42.5 Å². The van der Waals surface area contributed by atoms with Crippen molar-refractivity contribution in [1.29, 1.82) is 0 Å². The summed E-state index contributed by atoms with van der Waals surface area (Å²) in [6.45, 7) is 2.08. The Labute approximate surface area is 141 Å². The number of halogens is 1. The SMILES string of the molecule is Cc1c(NS(C)(=O)=O)cccc1C(=O)NCCc1ccc(F)cc1. The fraction of sp³-hybridized carbons (Fsp3) is 0.235. The lowest BCUT2D eigenvalue weighted by Gasteiger charge is -2.12. The quantitative estimate of drug-likeness (QED) is 0.840. The Morgan fingerprint density at radius 2 is 1.79 bits per heavy atom. The zero-order chi connectivity index (χ0) is 17.7. The second-order valence-electron chi connectivity index (χ2n) is 5.48. The number of sulfonamides is 1. The van der Waals surface area contributed by atoms with Crippen LogP contribution in [0.1, 0.15) is 21.5 Å². The van der Waals surface area contributed by atoms with Gasteiger partial charge in [-0.25, -0.2) is 12.8 Å². The minimum atomic E-state index is -3.41. The standard InChI is InChI=1S/C17H19FN2O3S/c1-12-15(4-3-5-16(12)20-24(2,22)23)17(21)19-11-10-13-6-8-14(18)9-7-13/h3-9,20H,10-11H2,1-2H3,(H,19,21). The van der Waals surface area contributed by atoms with Gasteiger partial charge in [-0.1, -0.05) is 18.2 Å². The maximum atomic E-state index is 12.8. The van der Waals surface area contributed by atoms with E-state index in [0.29, 0.717) is 29.8 Å². The van der Waals surface area contributed by atoms with Crippen LogP contribution < -0.4 is 10.0 Å². The molecule has 7 heteroatoms. The molecular formula is C17H19FN2O3S. The summed E-state index contributed by atoms with van der Waals surface area (Å²) in [6.07, 6.45) is 1.63. The molecule has 2 aromatic carbocycles. The number of hydrogen-bond donors (Lipinski definition) is 2. The summed E-state index contributed by atoms with van der Waals surface area (Å²) in [7, 11) is -3.41. The minimum absolute atomic E-state index is 0.285. The van der Waals surface area contributed by atoms with Crippen molar-refractivity contribution in [2.45, 2.75) is 13.3 Å². The Morgan fingerprint density at radius 3 is 2.42 bits per heavy atom. The molecule has 0 aliphatic heterocycles. The van der Waals surface area contributed by atoms with Crippen LogP contribution in [0.2, 0.25) is 0 Å². The van der Waals surface area contributed by atoms with Gasteiger partial charge in [-0.05, 0) is 48.7 Å². The Hall–Kier alpha value is -2.41. The van der Waals surface area contributed by atoms with E-state index in [-0.39, 0.29) is 11.7 Å². The van der Waals surface area contributed by atoms with Gasteiger partial charge < -0.3 is 5.32 Å². The van der Waals surface area contributed by atoms with Gasteiger partial charge in [-0.2, -0.15) is 0 Å². The van der Waals surface area contributed by atoms with Crippen LogP contribution in [0, 0.1) is 12.7 Å². The number of carbonyl (C=O) groups is 1. The fourth-order valence-electron chi connectivity index (χ4n) is 2.26. The van der Waals surface area contributed by atoms with E-state index in [0.717, 1.165) is 11.8 Å². The van der Waals surface area contributed by atoms with Crippen molar-refractivity contribution >= 4 is 21.6 Å². The summed E-state index contributed by atoms with van der Waals surface area (Å²) in [5.41, 5.74) is 2.26. The first kappa shape index (κ1) is 17.9. The van der Waals surface area contributed by atoms with Gasteiger partial charge in [0.15, 0.2) is 0 Å². The topological polar surface area (TPSA) is 75.3 Å². The lowest BCUT2D eigenvalue weighted by molar-refractivity contribution is 0.0953. The molecule has 0 saturated heterocycles. The molecule has 5 nitrogen and oxygen atoms in total. The van der Waals surface area contributed by atoms with E-state index >= 15 is 0 Å². The van der Waals surface area contributed by atoms with Crippen LogP contribution in [-0.2, 0) is 16.4 Å². The smallest absolute Gasteiger partial charge is 0.251 e. The van der Waals surface area contributed by atoms with Crippen molar-refractivity contribution in [3.05, 3.63) is 65.0 Å². The van der Waals surface area contributed by atoms with Crippen molar-refractivity contribution in [1.82, 2.24) is 5.32 Å². The second kappa shape index (κ2) is 7.44. The van der Waals surface area contributed by atoms with Crippen molar-refractivity contribution in [2.24, 2.45) is 0 Å². The molecule has 2 N–H and O–H groups in total. The number of hydrogen-bond acceptors (Lipinski definition) is 3. The minimum Gasteiger partial charge on any atom is -0.352 e. The highest BCUT2D eigenvalue weighted by Crippen LogP contribution is 2.19. The third kappa shape index (κ3) is 5.06. The first-order valence-corrected chi connectivity index (χ1v) is 9.25. The molecule has 0 atom stereocenters. The summed E-state index contributed by atoms with van der Waals surface area (Å²) < 4.78 is 37.9. The average Bonchev–Trinajstić information content (AvgIpc) is 2.50. The normalized spacial score (nSPS) is 11.1. The predicted octanol–water partition coefficient (Wildman–Crippen LogP) is 2.48. The summed E-state index contributed by atoms with van der Waals surface area (Å²) >= 11 is 0. The number of amides is 1. The summed E-state index contributed by atoms with van der Waals surface area (Å²) in [4.78, 5) is 12.3. The van der Waals surface area contributed by atoms with Gasteiger partial charge in [-0.3, -0.25) is 9.52 Å². The molecule has 128 valence electrons. The summed E-state index contributed by atoms with van der Waals surface area (Å²) in [6, 6.07) is 11.0. The van der Waals surface area contributed by atoms with Crippen molar-refractivity contribution in [3.8, 4) is 0 Å². The van der Waals surface area contributed by atoms with Gasteiger partial charge in [0.25, 0.3) is 5.91 Å². The molecule has 0 fully saturated rings. The summed E-state index contributed by atoms with van der Waals surface area (Å²) in [5, 5.41) is 2.78. The van der Waals surface area contributed by atoms with Crippen LogP contribution >= 0.6 is 0 Å². The molecule has 0 saturated carbocycles. The maximum Gasteiger partial charge on any atom is 0.251 e. The number of anilines is 1. The van der Waals surface area contributed by atoms with Crippen LogP contribution in [0.4, 0.5) is 10.1 Å². The molecular weight excluding hydrogens is 331 g/mol. The van der Waals surface area contributed by atoms with E-state index in [1.165, 1.54) is 12.1 Å². The first-order chi connectivity index (χ1) is 11.3. The van der Waals surface area contributed by atoms with Gasteiger partial charge in [0.05, 0.1) is 11.9 Å². The maximum absolute atomic E-state index is 12.8. The van der Waals surface area contributed by atoms with Gasteiger partial charge in [-0.15, -0.1) is 0 Å². The largest absolute Gasteiger partial charge is 0.352 e. The van der Waals surface area contributed by atoms with E-state index in [4.69, 9.17) is 0 Å². The highest BCUT2D eigenvalue weighted by molar-refractivity contribution is 7.92. The molecule has 1 amide bonds. The fourth-order valence-corrected chi connectivity index (χ4v) is 2.88. The zero-order valence-electron chi connectivity index (χ0n) is 13.5. The number of benzene rings is 2. The average molecular weight is 350 g/mol. The molecule has 2 aromatic rings. The Kier molecular flexibility index (Phi) is 5.56. The molecule has 0 heterocycles. The van der Waals surface area contributed by atoms with Crippen LogP contribution in [0.5, 0.6) is 0 Å². The third-order valence-corrected chi connectivity index (χ3v) is 4.08. The monoisotopic (exact) mass is 350 g/mol. The van der Waals surface area contributed by atoms with Gasteiger partial charge in [0.2, 0.25) is 10.0 Å². The number of nitrogens with one attached hydrogen (secondary N) is 2. The first-order valence-electron chi connectivity index (χ1n) is 7.36. The van der Waals surface area contributed by atoms with E-state index in [9.17, 15) is 17.6 Å². The lowest BCUT2D eigenvalue weighted by Crippen LogP contribution is -2.26. The van der Waals surface area contributed by atoms with E-state index in [1.54, 1.807) is 37.3 Å². The van der Waals surface area contributed by atoms with E-state index in [2.05, 4.69) is 10.0 Å². The van der Waals surface area contributed by atoms with Crippen molar-refractivity contribution in [2.75, 3.05) is 17.5 Å². The molecule has 0 unspecified atom stereocenters. The molecule has 0 aromatic heterocycles. The second-order valence-corrected chi connectivity index (χ2v) is 7.23. The molecule has 24 heavy (non-hydrogen) atoms. The van der Waals surface area contributed by atoms with Gasteiger partial charge in [0, 0.05) is 12.1 Å². The Morgan fingerprint density at radius 1 is 1.12 bits per heavy atom. The molecule has 0 aliphatic carbocycles. The Balaban J connectivity index is 2.02. The highest BCUT2D eigenvalue weighted by atomic mass is 32.2. The molecule has 2 rings (SSSR count). The van der Waals surface area contributed by atoms with Gasteiger partial charge >= 0.3 is 0 Å². The predicted molar refractivity (Wildman–Crippen MR) is 92.1 cm³/mol. The van der Waals surface area contributed by atoms with Gasteiger partial charge in [0.1, 0.15) is 5.82 Å². The zero-order valence-corrected chi connectivity index (χ0v) is 14.3. The lowest BCUT2D eigenvalue weighted by atomic mass is 10.1. The molecule has 0 bridgehead atoms. The number of rotatable bonds is 6. The van der Waals surface area contributed by atoms with Crippen LogP contribution in [-0.4, -0.2) is 27.1 Å². The molecule has 0 radical (unpaired) electrons. The molecule has 0 spiro atoms. The highest BCUT2D eigenvalue weighted by Gasteiger charge is 2.13. The van der Waals surface area contributed by atoms with E-state index < -0.39 is 10.0 Å². The third-order valence-electron chi connectivity index (χ3n) is 3.49. The molecule has 0 aliphatic rings. The Bertz CT molecular complexity index is 833.